The largest absolute Gasteiger partial charge is 0.371 e. The second-order valence-corrected chi connectivity index (χ2v) is 6.99. The van der Waals surface area contributed by atoms with Crippen LogP contribution in [0.15, 0.2) is 53.4 Å². The molecule has 126 valence electrons. The molecule has 0 saturated carbocycles. The highest BCUT2D eigenvalue weighted by Crippen LogP contribution is 2.27. The molecule has 0 aliphatic carbocycles. The van der Waals surface area contributed by atoms with E-state index >= 15 is 0 Å². The molecular formula is C15H15N3O5S. The maximum Gasteiger partial charge on any atom is 0.293 e. The number of nitrogens with zero attached hydrogens (tertiary/aromatic N) is 1. The van der Waals surface area contributed by atoms with Crippen molar-refractivity contribution < 1.29 is 18.1 Å². The second-order valence-electron chi connectivity index (χ2n) is 4.98. The molecule has 0 radical (unpaired) electrons. The van der Waals surface area contributed by atoms with Gasteiger partial charge in [0.2, 0.25) is 5.91 Å². The van der Waals surface area contributed by atoms with Crippen molar-refractivity contribution in [1.29, 1.82) is 0 Å². The predicted molar refractivity (Wildman–Crippen MR) is 89.8 cm³/mol. The molecule has 2 rings (SSSR count). The molecule has 8 nitrogen and oxygen atoms in total. The monoisotopic (exact) mass is 349 g/mol. The van der Waals surface area contributed by atoms with Crippen LogP contribution in [-0.4, -0.2) is 32.0 Å². The van der Waals surface area contributed by atoms with Crippen LogP contribution >= 0.6 is 0 Å². The molecule has 24 heavy (non-hydrogen) atoms. The van der Waals surface area contributed by atoms with Crippen molar-refractivity contribution in [2.45, 2.75) is 4.90 Å². The van der Waals surface area contributed by atoms with Gasteiger partial charge in [-0.25, -0.2) is 8.42 Å². The van der Waals surface area contributed by atoms with E-state index < -0.39 is 20.4 Å². The quantitative estimate of drug-likeness (QED) is 0.608. The van der Waals surface area contributed by atoms with Crippen LogP contribution in [0.4, 0.5) is 17.1 Å². The molecule has 0 bridgehead atoms. The highest BCUT2D eigenvalue weighted by atomic mass is 32.2. The topological polar surface area (TPSA) is 118 Å². The van der Waals surface area contributed by atoms with Gasteiger partial charge < -0.3 is 10.6 Å². The zero-order chi connectivity index (χ0) is 17.7. The highest BCUT2D eigenvalue weighted by molar-refractivity contribution is 7.90. The Hall–Kier alpha value is -2.94. The van der Waals surface area contributed by atoms with Crippen molar-refractivity contribution in [3.63, 3.8) is 0 Å². The molecule has 9 heteroatoms. The van der Waals surface area contributed by atoms with Crippen molar-refractivity contribution in [3.8, 4) is 0 Å². The number of carbonyl (C=O) groups excluding carboxylic acids is 1. The molecule has 0 atom stereocenters. The van der Waals surface area contributed by atoms with Gasteiger partial charge in [-0.2, -0.15) is 0 Å². The van der Waals surface area contributed by atoms with E-state index in [9.17, 15) is 23.3 Å². The lowest BCUT2D eigenvalue weighted by Gasteiger charge is -2.09. The molecule has 0 aliphatic heterocycles. The summed E-state index contributed by atoms with van der Waals surface area (Å²) in [6.07, 6.45) is 0.965. The molecule has 0 saturated heterocycles. The Labute approximate surface area is 138 Å². The number of hydrogen-bond acceptors (Lipinski definition) is 6. The van der Waals surface area contributed by atoms with Gasteiger partial charge in [0.05, 0.1) is 16.4 Å². The predicted octanol–water partition coefficient (Wildman–Crippen LogP) is 2.05. The number of rotatable bonds is 6. The van der Waals surface area contributed by atoms with E-state index in [1.54, 1.807) is 30.3 Å². The molecule has 2 aromatic carbocycles. The molecular weight excluding hydrogens is 334 g/mol. The van der Waals surface area contributed by atoms with E-state index in [1.165, 1.54) is 12.1 Å². The number of nitrogens with one attached hydrogen (secondary N) is 2. The average molecular weight is 349 g/mol. The minimum Gasteiger partial charge on any atom is -0.371 e. The van der Waals surface area contributed by atoms with Crippen molar-refractivity contribution >= 4 is 32.8 Å². The smallest absolute Gasteiger partial charge is 0.293 e. The molecule has 2 N–H and O–H groups in total. The fraction of sp³-hybridized carbons (Fsp3) is 0.133. The first-order valence-corrected chi connectivity index (χ1v) is 8.74. The standard InChI is InChI=1S/C15H15N3O5S/c1-24(22,23)12-7-8-13(14(9-12)18(20)21)16-10-15(19)17-11-5-3-2-4-6-11/h2-9,16H,10H2,1H3,(H,17,19). The number of carbonyl (C=O) groups is 1. The van der Waals surface area contributed by atoms with E-state index in [-0.39, 0.29) is 23.0 Å². The van der Waals surface area contributed by atoms with Crippen molar-refractivity contribution in [2.24, 2.45) is 0 Å². The van der Waals surface area contributed by atoms with Crippen LogP contribution in [0.3, 0.4) is 0 Å². The lowest BCUT2D eigenvalue weighted by Crippen LogP contribution is -2.22. The number of nitro benzene ring substituents is 1. The van der Waals surface area contributed by atoms with Gasteiger partial charge in [0.15, 0.2) is 9.84 Å². The Kier molecular flexibility index (Phi) is 5.14. The van der Waals surface area contributed by atoms with Gasteiger partial charge in [0.25, 0.3) is 5.69 Å². The first-order valence-electron chi connectivity index (χ1n) is 6.84. The van der Waals surface area contributed by atoms with Gasteiger partial charge in [-0.1, -0.05) is 18.2 Å². The number of nitro groups is 1. The molecule has 0 spiro atoms. The van der Waals surface area contributed by atoms with Crippen LogP contribution in [0.1, 0.15) is 0 Å². The summed E-state index contributed by atoms with van der Waals surface area (Å²) >= 11 is 0. The number of hydrogen-bond donors (Lipinski definition) is 2. The normalized spacial score (nSPS) is 10.9. The van der Waals surface area contributed by atoms with Crippen LogP contribution < -0.4 is 10.6 Å². The third kappa shape index (κ3) is 4.53. The number of benzene rings is 2. The summed E-state index contributed by atoms with van der Waals surface area (Å²) in [5.74, 6) is -0.386. The summed E-state index contributed by atoms with van der Waals surface area (Å²) in [5, 5.41) is 16.4. The van der Waals surface area contributed by atoms with Crippen molar-refractivity contribution in [3.05, 3.63) is 58.6 Å². The lowest BCUT2D eigenvalue weighted by atomic mass is 10.2. The van der Waals surface area contributed by atoms with Gasteiger partial charge in [-0.15, -0.1) is 0 Å². The van der Waals surface area contributed by atoms with Crippen LogP contribution in [0.5, 0.6) is 0 Å². The number of amides is 1. The fourth-order valence-electron chi connectivity index (χ4n) is 1.94. The SMILES string of the molecule is CS(=O)(=O)c1ccc(NCC(=O)Nc2ccccc2)c([N+](=O)[O-])c1. The van der Waals surface area contributed by atoms with Crippen molar-refractivity contribution in [1.82, 2.24) is 0 Å². The van der Waals surface area contributed by atoms with Gasteiger partial charge in [-0.05, 0) is 24.3 Å². The van der Waals surface area contributed by atoms with E-state index in [0.717, 1.165) is 12.3 Å². The highest BCUT2D eigenvalue weighted by Gasteiger charge is 2.19. The minimum atomic E-state index is -3.56. The Morgan fingerprint density at radius 2 is 1.83 bits per heavy atom. The molecule has 2 aromatic rings. The summed E-state index contributed by atoms with van der Waals surface area (Å²) in [6.45, 7) is -0.200. The second kappa shape index (κ2) is 7.09. The zero-order valence-corrected chi connectivity index (χ0v) is 13.5. The number of para-hydroxylation sites is 1. The van der Waals surface area contributed by atoms with Gasteiger partial charge in [0.1, 0.15) is 5.69 Å². The lowest BCUT2D eigenvalue weighted by molar-refractivity contribution is -0.384. The van der Waals surface area contributed by atoms with Gasteiger partial charge in [0, 0.05) is 18.0 Å². The summed E-state index contributed by atoms with van der Waals surface area (Å²) in [6, 6.07) is 12.2. The summed E-state index contributed by atoms with van der Waals surface area (Å²) in [7, 11) is -3.56. The van der Waals surface area contributed by atoms with Crippen LogP contribution in [0, 0.1) is 10.1 Å². The molecule has 0 heterocycles. The summed E-state index contributed by atoms with van der Waals surface area (Å²) in [5.41, 5.74) is 0.257. The summed E-state index contributed by atoms with van der Waals surface area (Å²) in [4.78, 5) is 22.1. The Morgan fingerprint density at radius 1 is 1.17 bits per heavy atom. The third-order valence-electron chi connectivity index (χ3n) is 3.09. The van der Waals surface area contributed by atoms with Gasteiger partial charge >= 0.3 is 0 Å². The van der Waals surface area contributed by atoms with E-state index in [2.05, 4.69) is 10.6 Å². The number of sulfone groups is 1. The Bertz CT molecular complexity index is 866. The maximum atomic E-state index is 11.9. The van der Waals surface area contributed by atoms with Crippen molar-refractivity contribution in [2.75, 3.05) is 23.4 Å². The van der Waals surface area contributed by atoms with E-state index in [0.29, 0.717) is 5.69 Å². The minimum absolute atomic E-state index is 0.0654. The first kappa shape index (κ1) is 17.4. The molecule has 1 amide bonds. The Balaban J connectivity index is 2.12. The van der Waals surface area contributed by atoms with Crippen LogP contribution in [0.25, 0.3) is 0 Å². The van der Waals surface area contributed by atoms with Crippen LogP contribution in [-0.2, 0) is 14.6 Å². The number of anilines is 2. The molecule has 0 fully saturated rings. The van der Waals surface area contributed by atoms with Gasteiger partial charge in [-0.3, -0.25) is 14.9 Å². The molecule has 0 aromatic heterocycles. The fourth-order valence-corrected chi connectivity index (χ4v) is 2.59. The van der Waals surface area contributed by atoms with E-state index in [4.69, 9.17) is 0 Å². The summed E-state index contributed by atoms with van der Waals surface area (Å²) < 4.78 is 23.0. The third-order valence-corrected chi connectivity index (χ3v) is 4.20. The molecule has 0 aliphatic rings. The van der Waals surface area contributed by atoms with E-state index in [1.807, 2.05) is 0 Å². The average Bonchev–Trinajstić information content (AvgIpc) is 2.52. The zero-order valence-electron chi connectivity index (χ0n) is 12.7. The maximum absolute atomic E-state index is 11.9. The molecule has 0 unspecified atom stereocenters. The Morgan fingerprint density at radius 3 is 2.42 bits per heavy atom. The first-order chi connectivity index (χ1) is 11.3. The van der Waals surface area contributed by atoms with Crippen LogP contribution in [0.2, 0.25) is 0 Å².